The van der Waals surface area contributed by atoms with Crippen LogP contribution in [0.1, 0.15) is 25.7 Å². The number of rotatable bonds is 5. The van der Waals surface area contributed by atoms with Gasteiger partial charge in [0.2, 0.25) is 5.91 Å². The molecule has 1 saturated carbocycles. The molecule has 29 heavy (non-hydrogen) atoms. The summed E-state index contributed by atoms with van der Waals surface area (Å²) in [5.74, 6) is -0.493. The number of amides is 1. The molecule has 2 aromatic carbocycles. The van der Waals surface area contributed by atoms with Gasteiger partial charge >= 0.3 is 0 Å². The van der Waals surface area contributed by atoms with Crippen LogP contribution < -0.4 is 5.32 Å². The van der Waals surface area contributed by atoms with Gasteiger partial charge in [0.25, 0.3) is 0 Å². The SMILES string of the molecule is O=C(Nc1ccc(-c2csnn2)cc1)C1(S(=O)(=O)c2ccc(Cl)cc2)CCCC1. The second kappa shape index (κ2) is 7.85. The minimum atomic E-state index is -3.87. The summed E-state index contributed by atoms with van der Waals surface area (Å²) < 4.78 is 29.1. The molecule has 1 aromatic heterocycles. The highest BCUT2D eigenvalue weighted by molar-refractivity contribution is 7.93. The Hall–Kier alpha value is -2.29. The molecule has 0 saturated heterocycles. The first kappa shape index (κ1) is 20.0. The van der Waals surface area contributed by atoms with Gasteiger partial charge in [0, 0.05) is 21.7 Å². The Bertz CT molecular complexity index is 1110. The van der Waals surface area contributed by atoms with E-state index in [9.17, 15) is 13.2 Å². The molecule has 3 aromatic rings. The Morgan fingerprint density at radius 3 is 2.28 bits per heavy atom. The van der Waals surface area contributed by atoms with Crippen molar-refractivity contribution >= 4 is 44.6 Å². The van der Waals surface area contributed by atoms with Crippen LogP contribution in [0.2, 0.25) is 5.02 Å². The van der Waals surface area contributed by atoms with Crippen LogP contribution in [-0.4, -0.2) is 28.7 Å². The number of halogens is 1. The van der Waals surface area contributed by atoms with Gasteiger partial charge in [-0.05, 0) is 60.8 Å². The van der Waals surface area contributed by atoms with Crippen molar-refractivity contribution in [3.05, 3.63) is 58.9 Å². The molecule has 1 heterocycles. The fraction of sp³-hybridized carbons (Fsp3) is 0.250. The Balaban J connectivity index is 1.61. The van der Waals surface area contributed by atoms with Gasteiger partial charge in [-0.1, -0.05) is 41.1 Å². The van der Waals surface area contributed by atoms with Crippen LogP contribution in [0.3, 0.4) is 0 Å². The zero-order chi connectivity index (χ0) is 20.5. The normalized spacial score (nSPS) is 15.9. The van der Waals surface area contributed by atoms with E-state index in [0.717, 1.165) is 11.3 Å². The summed E-state index contributed by atoms with van der Waals surface area (Å²) in [7, 11) is -3.87. The third kappa shape index (κ3) is 3.68. The number of nitrogens with zero attached hydrogens (tertiary/aromatic N) is 2. The van der Waals surface area contributed by atoms with Crippen LogP contribution in [0, 0.1) is 0 Å². The first-order valence-corrected chi connectivity index (χ1v) is 11.8. The van der Waals surface area contributed by atoms with E-state index < -0.39 is 20.5 Å². The van der Waals surface area contributed by atoms with Crippen LogP contribution in [0.15, 0.2) is 58.8 Å². The second-order valence-electron chi connectivity index (χ2n) is 6.98. The molecule has 9 heteroatoms. The molecule has 150 valence electrons. The molecule has 1 N–H and O–H groups in total. The smallest absolute Gasteiger partial charge is 0.246 e. The number of hydrogen-bond donors (Lipinski definition) is 1. The molecule has 0 atom stereocenters. The quantitative estimate of drug-likeness (QED) is 0.618. The monoisotopic (exact) mass is 447 g/mol. The molecule has 6 nitrogen and oxygen atoms in total. The maximum Gasteiger partial charge on any atom is 0.246 e. The van der Waals surface area contributed by atoms with E-state index in [1.807, 2.05) is 17.5 Å². The number of carbonyl (C=O) groups excluding carboxylic acids is 1. The number of benzene rings is 2. The highest BCUT2D eigenvalue weighted by Gasteiger charge is 2.52. The maximum atomic E-state index is 13.4. The Labute approximate surface area is 178 Å². The maximum absolute atomic E-state index is 13.4. The van der Waals surface area contributed by atoms with Gasteiger partial charge < -0.3 is 5.32 Å². The van der Waals surface area contributed by atoms with E-state index in [2.05, 4.69) is 14.9 Å². The molecule has 0 aliphatic heterocycles. The van der Waals surface area contributed by atoms with Crippen molar-refractivity contribution in [2.24, 2.45) is 0 Å². The number of hydrogen-bond acceptors (Lipinski definition) is 6. The van der Waals surface area contributed by atoms with Crippen molar-refractivity contribution in [2.75, 3.05) is 5.32 Å². The van der Waals surface area contributed by atoms with E-state index in [0.29, 0.717) is 36.4 Å². The average molecular weight is 448 g/mol. The number of sulfone groups is 1. The lowest BCUT2D eigenvalue weighted by molar-refractivity contribution is -0.118. The fourth-order valence-corrected chi connectivity index (χ4v) is 6.32. The standard InChI is InChI=1S/C20H18ClN3O3S2/c21-15-5-9-17(10-6-15)29(26,27)20(11-1-2-12-20)19(25)22-16-7-3-14(4-8-16)18-13-28-24-23-18/h3-10,13H,1-2,11-12H2,(H,22,25). The molecule has 1 amide bonds. The van der Waals surface area contributed by atoms with Gasteiger partial charge in [0.15, 0.2) is 14.6 Å². The number of anilines is 1. The summed E-state index contributed by atoms with van der Waals surface area (Å²) in [5, 5.41) is 9.10. The highest BCUT2D eigenvalue weighted by atomic mass is 35.5. The third-order valence-electron chi connectivity index (χ3n) is 5.26. The Kier molecular flexibility index (Phi) is 5.42. The van der Waals surface area contributed by atoms with Gasteiger partial charge in [0.05, 0.1) is 4.90 Å². The van der Waals surface area contributed by atoms with E-state index in [1.54, 1.807) is 12.1 Å². The van der Waals surface area contributed by atoms with Gasteiger partial charge in [-0.2, -0.15) is 0 Å². The number of nitrogens with one attached hydrogen (secondary N) is 1. The number of aromatic nitrogens is 2. The van der Waals surface area contributed by atoms with Gasteiger partial charge in [0.1, 0.15) is 5.69 Å². The van der Waals surface area contributed by atoms with Crippen molar-refractivity contribution in [1.82, 2.24) is 9.59 Å². The summed E-state index contributed by atoms with van der Waals surface area (Å²) in [6, 6.07) is 13.1. The molecule has 0 spiro atoms. The zero-order valence-corrected chi connectivity index (χ0v) is 17.7. The molecule has 0 bridgehead atoms. The van der Waals surface area contributed by atoms with Gasteiger partial charge in [-0.3, -0.25) is 4.79 Å². The second-order valence-corrected chi connectivity index (χ2v) is 10.3. The van der Waals surface area contributed by atoms with Crippen molar-refractivity contribution in [1.29, 1.82) is 0 Å². The summed E-state index contributed by atoms with van der Waals surface area (Å²) in [6.07, 6.45) is 1.98. The molecule has 1 fully saturated rings. The molecule has 1 aliphatic rings. The largest absolute Gasteiger partial charge is 0.325 e. The molecule has 0 radical (unpaired) electrons. The van der Waals surface area contributed by atoms with Crippen LogP contribution in [0.4, 0.5) is 5.69 Å². The molecule has 0 unspecified atom stereocenters. The first-order chi connectivity index (χ1) is 13.9. The van der Waals surface area contributed by atoms with Crippen LogP contribution in [0.25, 0.3) is 11.3 Å². The molecule has 4 rings (SSSR count). The summed E-state index contributed by atoms with van der Waals surface area (Å²) in [5.41, 5.74) is 2.17. The van der Waals surface area contributed by atoms with E-state index >= 15 is 0 Å². The predicted octanol–water partition coefficient (Wildman–Crippen LogP) is 4.58. The number of carbonyl (C=O) groups is 1. The topological polar surface area (TPSA) is 89.0 Å². The summed E-state index contributed by atoms with van der Waals surface area (Å²) in [6.45, 7) is 0. The lowest BCUT2D eigenvalue weighted by Crippen LogP contribution is -2.47. The molecular formula is C20H18ClN3O3S2. The average Bonchev–Trinajstić information content (AvgIpc) is 3.42. The minimum absolute atomic E-state index is 0.116. The fourth-order valence-electron chi connectivity index (χ4n) is 3.66. The lowest BCUT2D eigenvalue weighted by Gasteiger charge is -2.27. The first-order valence-electron chi connectivity index (χ1n) is 9.12. The summed E-state index contributed by atoms with van der Waals surface area (Å²) >= 11 is 7.16. The lowest BCUT2D eigenvalue weighted by atomic mass is 10.1. The van der Waals surface area contributed by atoms with Crippen LogP contribution >= 0.6 is 23.1 Å². The van der Waals surface area contributed by atoms with Crippen molar-refractivity contribution in [3.8, 4) is 11.3 Å². The van der Waals surface area contributed by atoms with Gasteiger partial charge in [-0.15, -0.1) is 5.10 Å². The van der Waals surface area contributed by atoms with Crippen molar-refractivity contribution < 1.29 is 13.2 Å². The predicted molar refractivity (Wildman–Crippen MR) is 114 cm³/mol. The van der Waals surface area contributed by atoms with Gasteiger partial charge in [-0.25, -0.2) is 8.42 Å². The van der Waals surface area contributed by atoms with E-state index in [1.165, 1.54) is 35.8 Å². The minimum Gasteiger partial charge on any atom is -0.325 e. The van der Waals surface area contributed by atoms with E-state index in [-0.39, 0.29) is 4.90 Å². The van der Waals surface area contributed by atoms with Crippen LogP contribution in [0.5, 0.6) is 0 Å². The summed E-state index contributed by atoms with van der Waals surface area (Å²) in [4.78, 5) is 13.3. The Morgan fingerprint density at radius 2 is 1.69 bits per heavy atom. The zero-order valence-electron chi connectivity index (χ0n) is 15.3. The van der Waals surface area contributed by atoms with Crippen molar-refractivity contribution in [2.45, 2.75) is 35.3 Å². The highest BCUT2D eigenvalue weighted by Crippen LogP contribution is 2.41. The third-order valence-corrected chi connectivity index (χ3v) is 8.53. The van der Waals surface area contributed by atoms with E-state index in [4.69, 9.17) is 11.6 Å². The van der Waals surface area contributed by atoms with Crippen molar-refractivity contribution in [3.63, 3.8) is 0 Å². The Morgan fingerprint density at radius 1 is 1.03 bits per heavy atom. The molecular weight excluding hydrogens is 430 g/mol. The van der Waals surface area contributed by atoms with Crippen LogP contribution in [-0.2, 0) is 14.6 Å². The molecule has 1 aliphatic carbocycles.